The lowest BCUT2D eigenvalue weighted by atomic mass is 9.88. The van der Waals surface area contributed by atoms with Crippen LogP contribution in [0.5, 0.6) is 0 Å². The fraction of sp³-hybridized carbons (Fsp3) is 0.571. The second-order valence-electron chi connectivity index (χ2n) is 4.54. The molecule has 1 saturated heterocycles. The molecule has 1 aromatic carbocycles. The molecule has 1 N–H and O–H groups in total. The van der Waals surface area contributed by atoms with Gasteiger partial charge in [0.2, 0.25) is 0 Å². The summed E-state index contributed by atoms with van der Waals surface area (Å²) in [5, 5.41) is 9.62. The number of hydrogen-bond acceptors (Lipinski definition) is 4. The fourth-order valence-corrected chi connectivity index (χ4v) is 2.91. The van der Waals surface area contributed by atoms with Crippen molar-refractivity contribution in [2.45, 2.75) is 24.7 Å². The maximum absolute atomic E-state index is 9.62. The Balaban J connectivity index is 2.47. The standard InChI is InChI=1S/C14H21NO3/c1-17-13-9-6-10-15(11-16)14(13,18-2)12-7-4-3-5-8-12/h3-5,7-8,13,16H,6,9-11H2,1-2H3. The quantitative estimate of drug-likeness (QED) is 0.881. The van der Waals surface area contributed by atoms with Crippen LogP contribution in [0, 0.1) is 0 Å². The Hall–Kier alpha value is -0.940. The summed E-state index contributed by atoms with van der Waals surface area (Å²) in [6.45, 7) is 0.766. The van der Waals surface area contributed by atoms with Crippen molar-refractivity contribution in [3.63, 3.8) is 0 Å². The molecule has 4 heteroatoms. The van der Waals surface area contributed by atoms with Crippen LogP contribution in [0.4, 0.5) is 0 Å². The molecule has 0 bridgehead atoms. The number of methoxy groups -OCH3 is 2. The van der Waals surface area contributed by atoms with Gasteiger partial charge in [-0.2, -0.15) is 0 Å². The van der Waals surface area contributed by atoms with Crippen molar-refractivity contribution in [3.8, 4) is 0 Å². The third-order valence-electron chi connectivity index (χ3n) is 3.75. The van der Waals surface area contributed by atoms with Crippen molar-refractivity contribution in [1.82, 2.24) is 4.90 Å². The first-order valence-electron chi connectivity index (χ1n) is 6.29. The zero-order chi connectivity index (χ0) is 13.0. The number of nitrogens with zero attached hydrogens (tertiary/aromatic N) is 1. The first-order chi connectivity index (χ1) is 8.79. The molecule has 100 valence electrons. The van der Waals surface area contributed by atoms with Gasteiger partial charge >= 0.3 is 0 Å². The number of piperidine rings is 1. The monoisotopic (exact) mass is 251 g/mol. The van der Waals surface area contributed by atoms with Crippen LogP contribution in [-0.4, -0.2) is 43.6 Å². The smallest absolute Gasteiger partial charge is 0.175 e. The minimum absolute atomic E-state index is 0.0391. The predicted octanol–water partition coefficient (Wildman–Crippen LogP) is 1.55. The molecule has 0 radical (unpaired) electrons. The van der Waals surface area contributed by atoms with E-state index < -0.39 is 5.72 Å². The summed E-state index contributed by atoms with van der Waals surface area (Å²) in [5.74, 6) is 0. The van der Waals surface area contributed by atoms with Crippen molar-refractivity contribution in [2.24, 2.45) is 0 Å². The van der Waals surface area contributed by atoms with E-state index >= 15 is 0 Å². The van der Waals surface area contributed by atoms with E-state index in [0.29, 0.717) is 0 Å². The molecule has 1 fully saturated rings. The Kier molecular flexibility index (Phi) is 4.35. The third kappa shape index (κ3) is 2.06. The molecule has 0 amide bonds. The van der Waals surface area contributed by atoms with Crippen molar-refractivity contribution in [1.29, 1.82) is 0 Å². The molecule has 1 aliphatic rings. The number of rotatable bonds is 4. The summed E-state index contributed by atoms with van der Waals surface area (Å²) in [6, 6.07) is 9.97. The van der Waals surface area contributed by atoms with Crippen LogP contribution >= 0.6 is 0 Å². The Morgan fingerprint density at radius 1 is 1.33 bits per heavy atom. The van der Waals surface area contributed by atoms with Crippen LogP contribution in [-0.2, 0) is 15.2 Å². The lowest BCUT2D eigenvalue weighted by Crippen LogP contribution is -2.59. The Morgan fingerprint density at radius 3 is 2.61 bits per heavy atom. The minimum Gasteiger partial charge on any atom is -0.381 e. The van der Waals surface area contributed by atoms with Crippen LogP contribution in [0.15, 0.2) is 30.3 Å². The van der Waals surface area contributed by atoms with Gasteiger partial charge in [0.05, 0.1) is 6.73 Å². The highest BCUT2D eigenvalue weighted by Crippen LogP contribution is 2.39. The van der Waals surface area contributed by atoms with E-state index in [-0.39, 0.29) is 12.8 Å². The van der Waals surface area contributed by atoms with Gasteiger partial charge in [-0.15, -0.1) is 0 Å². The fourth-order valence-electron chi connectivity index (χ4n) is 2.91. The number of hydrogen-bond donors (Lipinski definition) is 1. The molecule has 2 rings (SSSR count). The highest BCUT2D eigenvalue weighted by Gasteiger charge is 2.48. The zero-order valence-electron chi connectivity index (χ0n) is 11.0. The average Bonchev–Trinajstić information content (AvgIpc) is 2.46. The highest BCUT2D eigenvalue weighted by molar-refractivity contribution is 5.24. The number of benzene rings is 1. The maximum Gasteiger partial charge on any atom is 0.175 e. The van der Waals surface area contributed by atoms with Crippen LogP contribution in [0.2, 0.25) is 0 Å². The van der Waals surface area contributed by atoms with Crippen LogP contribution in [0.25, 0.3) is 0 Å². The molecule has 0 aliphatic carbocycles. The van der Waals surface area contributed by atoms with Gasteiger partial charge in [-0.1, -0.05) is 30.3 Å². The lowest BCUT2D eigenvalue weighted by Gasteiger charge is -2.49. The maximum atomic E-state index is 9.62. The van der Waals surface area contributed by atoms with Crippen molar-refractivity contribution in [3.05, 3.63) is 35.9 Å². The molecular formula is C14H21NO3. The first kappa shape index (κ1) is 13.5. The lowest BCUT2D eigenvalue weighted by molar-refractivity contribution is -0.248. The zero-order valence-corrected chi connectivity index (χ0v) is 11.0. The molecule has 1 aromatic rings. The first-order valence-corrected chi connectivity index (χ1v) is 6.29. The van der Waals surface area contributed by atoms with E-state index in [1.54, 1.807) is 14.2 Å². The van der Waals surface area contributed by atoms with Crippen molar-refractivity contribution >= 4 is 0 Å². The summed E-state index contributed by atoms with van der Waals surface area (Å²) in [7, 11) is 3.37. The second-order valence-corrected chi connectivity index (χ2v) is 4.54. The van der Waals surface area contributed by atoms with Gasteiger partial charge in [0.1, 0.15) is 6.10 Å². The summed E-state index contributed by atoms with van der Waals surface area (Å²) >= 11 is 0. The summed E-state index contributed by atoms with van der Waals surface area (Å²) < 4.78 is 11.4. The largest absolute Gasteiger partial charge is 0.381 e. The Labute approximate surface area is 108 Å². The molecule has 0 aromatic heterocycles. The van der Waals surface area contributed by atoms with Crippen molar-refractivity contribution < 1.29 is 14.6 Å². The van der Waals surface area contributed by atoms with Gasteiger partial charge in [0.15, 0.2) is 5.72 Å². The molecule has 2 atom stereocenters. The van der Waals surface area contributed by atoms with Gasteiger partial charge < -0.3 is 14.6 Å². The third-order valence-corrected chi connectivity index (χ3v) is 3.75. The molecule has 4 nitrogen and oxygen atoms in total. The molecule has 1 heterocycles. The van der Waals surface area contributed by atoms with Gasteiger partial charge in [0.25, 0.3) is 0 Å². The topological polar surface area (TPSA) is 41.9 Å². The van der Waals surface area contributed by atoms with Gasteiger partial charge in [-0.05, 0) is 12.8 Å². The number of ether oxygens (including phenoxy) is 2. The van der Waals surface area contributed by atoms with E-state index in [1.165, 1.54) is 0 Å². The van der Waals surface area contributed by atoms with Crippen LogP contribution < -0.4 is 0 Å². The number of likely N-dealkylation sites (tertiary alicyclic amines) is 1. The summed E-state index contributed by atoms with van der Waals surface area (Å²) in [4.78, 5) is 1.93. The van der Waals surface area contributed by atoms with E-state index in [0.717, 1.165) is 24.9 Å². The Bertz CT molecular complexity index is 357. The van der Waals surface area contributed by atoms with E-state index in [4.69, 9.17) is 9.47 Å². The molecule has 2 unspecified atom stereocenters. The van der Waals surface area contributed by atoms with E-state index in [9.17, 15) is 5.11 Å². The predicted molar refractivity (Wildman–Crippen MR) is 69.0 cm³/mol. The molecular weight excluding hydrogens is 230 g/mol. The van der Waals surface area contributed by atoms with Crippen molar-refractivity contribution in [2.75, 3.05) is 27.5 Å². The highest BCUT2D eigenvalue weighted by atomic mass is 16.6. The van der Waals surface area contributed by atoms with E-state index in [1.807, 2.05) is 35.2 Å². The second kappa shape index (κ2) is 5.80. The normalized spacial score (nSPS) is 29.4. The number of aliphatic hydroxyl groups is 1. The number of aliphatic hydroxyl groups excluding tert-OH is 1. The average molecular weight is 251 g/mol. The minimum atomic E-state index is -0.691. The molecule has 0 spiro atoms. The van der Waals surface area contributed by atoms with Crippen LogP contribution in [0.1, 0.15) is 18.4 Å². The molecule has 1 aliphatic heterocycles. The molecule has 18 heavy (non-hydrogen) atoms. The molecule has 0 saturated carbocycles. The van der Waals surface area contributed by atoms with Gasteiger partial charge in [-0.25, -0.2) is 4.90 Å². The Morgan fingerprint density at radius 2 is 2.06 bits per heavy atom. The van der Waals surface area contributed by atoms with Gasteiger partial charge in [0, 0.05) is 26.3 Å². The SMILES string of the molecule is COC1CCCN(CO)C1(OC)c1ccccc1. The summed E-state index contributed by atoms with van der Waals surface area (Å²) in [6.07, 6.45) is 1.85. The van der Waals surface area contributed by atoms with Crippen LogP contribution in [0.3, 0.4) is 0 Å². The van der Waals surface area contributed by atoms with E-state index in [2.05, 4.69) is 0 Å². The summed E-state index contributed by atoms with van der Waals surface area (Å²) in [5.41, 5.74) is 0.330. The van der Waals surface area contributed by atoms with Gasteiger partial charge in [-0.3, -0.25) is 0 Å².